The van der Waals surface area contributed by atoms with Crippen molar-refractivity contribution in [2.75, 3.05) is 12.3 Å². The van der Waals surface area contributed by atoms with E-state index in [1.165, 1.54) is 0 Å². The Morgan fingerprint density at radius 3 is 2.20 bits per heavy atom. The monoisotopic (exact) mass is 350 g/mol. The molecule has 15 heavy (non-hydrogen) atoms. The summed E-state index contributed by atoms with van der Waals surface area (Å²) in [5.74, 6) is 0.0284. The molecule has 0 aromatic carbocycles. The first kappa shape index (κ1) is 17.3. The van der Waals surface area contributed by atoms with Crippen molar-refractivity contribution in [1.29, 1.82) is 0 Å². The molecule has 0 aliphatic rings. The third-order valence-electron chi connectivity index (χ3n) is 1.16. The topological polar surface area (TPSA) is 111 Å². The van der Waals surface area contributed by atoms with Gasteiger partial charge in [0, 0.05) is 5.54 Å². The standard InChI is InChI=1S/C7H18N4O2S.HI/c1-7(2,3)11-6(8)10-4-5-14(9,12)13;/h4-5H2,1-3H3,(H3,8,10,11)(H2,9,12,13);1H. The highest BCUT2D eigenvalue weighted by molar-refractivity contribution is 14.0. The largest absolute Gasteiger partial charge is 0.370 e. The average molecular weight is 350 g/mol. The quantitative estimate of drug-likeness (QED) is 0.365. The maximum Gasteiger partial charge on any atom is 0.210 e. The van der Waals surface area contributed by atoms with Crippen molar-refractivity contribution in [3.63, 3.8) is 0 Å². The molecular formula is C7H19IN4O2S. The van der Waals surface area contributed by atoms with Gasteiger partial charge in [0.2, 0.25) is 10.0 Å². The third kappa shape index (κ3) is 13.9. The molecule has 0 saturated carbocycles. The summed E-state index contributed by atoms with van der Waals surface area (Å²) < 4.78 is 21.1. The van der Waals surface area contributed by atoms with E-state index in [0.717, 1.165) is 0 Å². The first-order valence-corrected chi connectivity index (χ1v) is 5.90. The third-order valence-corrected chi connectivity index (χ3v) is 1.91. The number of primary sulfonamides is 1. The maximum atomic E-state index is 10.5. The van der Waals surface area contributed by atoms with Crippen LogP contribution in [0.25, 0.3) is 0 Å². The normalized spacial score (nSPS) is 13.2. The Balaban J connectivity index is 0. The molecule has 0 rings (SSSR count). The van der Waals surface area contributed by atoms with Crippen LogP contribution in [0.5, 0.6) is 0 Å². The SMILES string of the molecule is CC(C)(C)NC(N)=NCCS(N)(=O)=O.I. The van der Waals surface area contributed by atoms with Crippen LogP contribution in [-0.4, -0.2) is 32.2 Å². The minimum atomic E-state index is -3.45. The van der Waals surface area contributed by atoms with E-state index in [9.17, 15) is 8.42 Å². The molecule has 0 spiro atoms. The summed E-state index contributed by atoms with van der Waals surface area (Å²) in [4.78, 5) is 3.82. The van der Waals surface area contributed by atoms with Crippen molar-refractivity contribution in [3.05, 3.63) is 0 Å². The molecular weight excluding hydrogens is 331 g/mol. The first-order valence-electron chi connectivity index (χ1n) is 4.19. The van der Waals surface area contributed by atoms with Gasteiger partial charge in [0.05, 0.1) is 12.3 Å². The smallest absolute Gasteiger partial charge is 0.210 e. The van der Waals surface area contributed by atoms with Crippen molar-refractivity contribution >= 4 is 40.0 Å². The van der Waals surface area contributed by atoms with Gasteiger partial charge in [-0.2, -0.15) is 0 Å². The maximum absolute atomic E-state index is 10.5. The average Bonchev–Trinajstić information content (AvgIpc) is 1.78. The molecule has 0 saturated heterocycles. The number of nitrogens with one attached hydrogen (secondary N) is 1. The Morgan fingerprint density at radius 1 is 1.40 bits per heavy atom. The Hall–Kier alpha value is -0.0900. The van der Waals surface area contributed by atoms with Gasteiger partial charge in [-0.15, -0.1) is 24.0 Å². The molecule has 0 atom stereocenters. The molecule has 92 valence electrons. The Morgan fingerprint density at radius 2 is 1.87 bits per heavy atom. The summed E-state index contributed by atoms with van der Waals surface area (Å²) in [6, 6.07) is 0. The highest BCUT2D eigenvalue weighted by Gasteiger charge is 2.09. The van der Waals surface area contributed by atoms with E-state index in [1.807, 2.05) is 20.8 Å². The van der Waals surface area contributed by atoms with E-state index < -0.39 is 10.0 Å². The molecule has 0 aromatic rings. The second-order valence-electron chi connectivity index (χ2n) is 4.01. The van der Waals surface area contributed by atoms with Crippen LogP contribution in [-0.2, 0) is 10.0 Å². The molecule has 0 radical (unpaired) electrons. The lowest BCUT2D eigenvalue weighted by Gasteiger charge is -2.20. The number of rotatable bonds is 3. The van der Waals surface area contributed by atoms with Gasteiger partial charge in [-0.05, 0) is 20.8 Å². The predicted molar refractivity (Wildman–Crippen MR) is 72.8 cm³/mol. The molecule has 0 aliphatic heterocycles. The van der Waals surface area contributed by atoms with Gasteiger partial charge in [0.15, 0.2) is 5.96 Å². The lowest BCUT2D eigenvalue weighted by Crippen LogP contribution is -2.45. The predicted octanol–water partition coefficient (Wildman–Crippen LogP) is -0.404. The molecule has 0 heterocycles. The fraction of sp³-hybridized carbons (Fsp3) is 0.857. The van der Waals surface area contributed by atoms with Gasteiger partial charge in [-0.1, -0.05) is 0 Å². The second kappa shape index (κ2) is 6.48. The molecule has 0 unspecified atom stereocenters. The summed E-state index contributed by atoms with van der Waals surface area (Å²) in [6.07, 6.45) is 0. The molecule has 5 N–H and O–H groups in total. The highest BCUT2D eigenvalue weighted by Crippen LogP contribution is 1.96. The van der Waals surface area contributed by atoms with Gasteiger partial charge >= 0.3 is 0 Å². The first-order chi connectivity index (χ1) is 6.10. The fourth-order valence-corrected chi connectivity index (χ4v) is 1.06. The van der Waals surface area contributed by atoms with E-state index in [0.29, 0.717) is 0 Å². The van der Waals surface area contributed by atoms with Crippen molar-refractivity contribution < 1.29 is 8.42 Å². The van der Waals surface area contributed by atoms with Crippen molar-refractivity contribution in [1.82, 2.24) is 5.32 Å². The number of hydrogen-bond donors (Lipinski definition) is 3. The van der Waals surface area contributed by atoms with Crippen LogP contribution < -0.4 is 16.2 Å². The molecule has 0 aromatic heterocycles. The van der Waals surface area contributed by atoms with Gasteiger partial charge in [-0.3, -0.25) is 4.99 Å². The van der Waals surface area contributed by atoms with Crippen LogP contribution in [0.1, 0.15) is 20.8 Å². The van der Waals surface area contributed by atoms with Crippen molar-refractivity contribution in [3.8, 4) is 0 Å². The molecule has 0 fully saturated rings. The number of halogens is 1. The molecule has 0 bridgehead atoms. The molecule has 0 amide bonds. The van der Waals surface area contributed by atoms with E-state index in [1.54, 1.807) is 0 Å². The van der Waals surface area contributed by atoms with Crippen molar-refractivity contribution in [2.24, 2.45) is 15.9 Å². The number of hydrogen-bond acceptors (Lipinski definition) is 3. The van der Waals surface area contributed by atoms with E-state index >= 15 is 0 Å². The molecule has 8 heteroatoms. The molecule has 6 nitrogen and oxygen atoms in total. The summed E-state index contributed by atoms with van der Waals surface area (Å²) in [5.41, 5.74) is 5.31. The number of sulfonamides is 1. The van der Waals surface area contributed by atoms with Crippen LogP contribution in [0.4, 0.5) is 0 Å². The number of nitrogens with zero attached hydrogens (tertiary/aromatic N) is 1. The summed E-state index contributed by atoms with van der Waals surface area (Å²) in [6.45, 7) is 5.85. The van der Waals surface area contributed by atoms with Crippen LogP contribution >= 0.6 is 24.0 Å². The number of guanidine groups is 1. The van der Waals surface area contributed by atoms with Crippen LogP contribution in [0, 0.1) is 0 Å². The van der Waals surface area contributed by atoms with Crippen LogP contribution in [0.2, 0.25) is 0 Å². The van der Waals surface area contributed by atoms with Gasteiger partial charge in [-0.25, -0.2) is 13.6 Å². The zero-order chi connectivity index (χ0) is 11.4. The van der Waals surface area contributed by atoms with Crippen LogP contribution in [0.3, 0.4) is 0 Å². The fourth-order valence-electron chi connectivity index (χ4n) is 0.717. The van der Waals surface area contributed by atoms with Crippen LogP contribution in [0.15, 0.2) is 4.99 Å². The van der Waals surface area contributed by atoms with E-state index in [4.69, 9.17) is 10.9 Å². The lowest BCUT2D eigenvalue weighted by molar-refractivity contribution is 0.508. The van der Waals surface area contributed by atoms with Gasteiger partial charge in [0.1, 0.15) is 0 Å². The number of aliphatic imine (C=N–C) groups is 1. The summed E-state index contributed by atoms with van der Waals surface area (Å²) in [5, 5.41) is 7.69. The minimum absolute atomic E-state index is 0. The van der Waals surface area contributed by atoms with Crippen molar-refractivity contribution in [2.45, 2.75) is 26.3 Å². The second-order valence-corrected chi connectivity index (χ2v) is 5.74. The minimum Gasteiger partial charge on any atom is -0.370 e. The molecule has 0 aliphatic carbocycles. The lowest BCUT2D eigenvalue weighted by atomic mass is 10.1. The summed E-state index contributed by atoms with van der Waals surface area (Å²) in [7, 11) is -3.45. The Labute approximate surface area is 108 Å². The highest BCUT2D eigenvalue weighted by atomic mass is 127. The van der Waals surface area contributed by atoms with Gasteiger partial charge < -0.3 is 11.1 Å². The van der Waals surface area contributed by atoms with Gasteiger partial charge in [0.25, 0.3) is 0 Å². The van der Waals surface area contributed by atoms with E-state index in [-0.39, 0.29) is 47.8 Å². The zero-order valence-electron chi connectivity index (χ0n) is 9.15. The van der Waals surface area contributed by atoms with E-state index in [2.05, 4.69) is 10.3 Å². The Kier molecular flexibility index (Phi) is 7.48. The zero-order valence-corrected chi connectivity index (χ0v) is 12.3. The summed E-state index contributed by atoms with van der Waals surface area (Å²) >= 11 is 0. The number of nitrogens with two attached hydrogens (primary N) is 2. The Bertz CT molecular complexity index is 307.